The molecule has 0 aliphatic heterocycles. The number of nitrogens with one attached hydrogen (secondary N) is 1. The molecule has 0 atom stereocenters. The maximum absolute atomic E-state index is 12.3. The van der Waals surface area contributed by atoms with Crippen LogP contribution in [0.2, 0.25) is 0 Å². The molecule has 5 nitrogen and oxygen atoms in total. The summed E-state index contributed by atoms with van der Waals surface area (Å²) in [6.07, 6.45) is 3.71. The predicted octanol–water partition coefficient (Wildman–Crippen LogP) is 4.34. The Bertz CT molecular complexity index is 752. The van der Waals surface area contributed by atoms with E-state index < -0.39 is 0 Å². The van der Waals surface area contributed by atoms with E-state index in [0.717, 1.165) is 22.3 Å². The van der Waals surface area contributed by atoms with Crippen LogP contribution in [0.4, 0.5) is 10.5 Å². The normalized spacial score (nSPS) is 14.2. The Morgan fingerprint density at radius 3 is 2.79 bits per heavy atom. The Morgan fingerprint density at radius 1 is 1.33 bits per heavy atom. The van der Waals surface area contributed by atoms with Gasteiger partial charge in [0.15, 0.2) is 0 Å². The lowest BCUT2D eigenvalue weighted by Crippen LogP contribution is -2.37. The average Bonchev–Trinajstić information content (AvgIpc) is 2.94. The number of rotatable bonds is 5. The molecule has 1 aliphatic carbocycles. The molecule has 1 aromatic carbocycles. The lowest BCUT2D eigenvalue weighted by atomic mass is 9.85. The number of nitrogens with zero attached hydrogens (tertiary/aromatic N) is 1. The quantitative estimate of drug-likeness (QED) is 0.819. The van der Waals surface area contributed by atoms with E-state index in [-0.39, 0.29) is 12.0 Å². The number of ether oxygens (including phenoxy) is 1. The van der Waals surface area contributed by atoms with Crippen molar-refractivity contribution in [1.82, 2.24) is 4.90 Å². The van der Waals surface area contributed by atoms with Crippen LogP contribution >= 0.6 is 11.3 Å². The van der Waals surface area contributed by atoms with E-state index in [1.165, 1.54) is 30.6 Å². The van der Waals surface area contributed by atoms with Crippen LogP contribution in [-0.4, -0.2) is 37.1 Å². The minimum atomic E-state index is -0.301. The smallest absolute Gasteiger partial charge is 0.348 e. The van der Waals surface area contributed by atoms with Crippen molar-refractivity contribution in [3.63, 3.8) is 0 Å². The Balaban J connectivity index is 1.68. The summed E-state index contributed by atoms with van der Waals surface area (Å²) < 4.78 is 6.03. The number of hydrogen-bond donors (Lipinski definition) is 1. The average molecular weight is 346 g/mol. The molecule has 2 amide bonds. The number of amides is 2. The van der Waals surface area contributed by atoms with Crippen LogP contribution in [0.3, 0.4) is 0 Å². The Labute approximate surface area is 145 Å². The predicted molar refractivity (Wildman–Crippen MR) is 96.8 cm³/mol. The summed E-state index contributed by atoms with van der Waals surface area (Å²) in [7, 11) is 1.83. The number of thiophene rings is 1. The lowest BCUT2D eigenvalue weighted by Gasteiger charge is -2.30. The molecule has 1 N–H and O–H groups in total. The molecule has 1 fully saturated rings. The number of fused-ring (bicyclic) bond motifs is 1. The zero-order chi connectivity index (χ0) is 17.1. The van der Waals surface area contributed by atoms with Gasteiger partial charge >= 0.3 is 12.0 Å². The SMILES string of the molecule is CCOC(=O)c1cc2cc(NC(=O)N(C)CC3CCC3)ccc2s1. The van der Waals surface area contributed by atoms with Crippen LogP contribution in [0.15, 0.2) is 24.3 Å². The second-order valence-electron chi connectivity index (χ2n) is 6.19. The first kappa shape index (κ1) is 16.8. The molecule has 0 unspecified atom stereocenters. The van der Waals surface area contributed by atoms with Crippen LogP contribution in [0.1, 0.15) is 35.9 Å². The minimum Gasteiger partial charge on any atom is -0.462 e. The molecule has 0 radical (unpaired) electrons. The first-order valence-corrected chi connectivity index (χ1v) is 9.11. The van der Waals surface area contributed by atoms with Gasteiger partial charge in [0.25, 0.3) is 0 Å². The molecular weight excluding hydrogens is 324 g/mol. The number of urea groups is 1. The summed E-state index contributed by atoms with van der Waals surface area (Å²) >= 11 is 1.40. The summed E-state index contributed by atoms with van der Waals surface area (Å²) in [4.78, 5) is 26.4. The zero-order valence-corrected chi connectivity index (χ0v) is 14.8. The van der Waals surface area contributed by atoms with Gasteiger partial charge in [0, 0.05) is 24.0 Å². The second-order valence-corrected chi connectivity index (χ2v) is 7.28. The van der Waals surface area contributed by atoms with Crippen molar-refractivity contribution in [1.29, 1.82) is 0 Å². The summed E-state index contributed by atoms with van der Waals surface area (Å²) in [5.74, 6) is 0.344. The van der Waals surface area contributed by atoms with Gasteiger partial charge in [0.2, 0.25) is 0 Å². The maximum Gasteiger partial charge on any atom is 0.348 e. The first-order valence-electron chi connectivity index (χ1n) is 8.29. The van der Waals surface area contributed by atoms with Crippen LogP contribution in [0, 0.1) is 5.92 Å². The molecule has 24 heavy (non-hydrogen) atoms. The van der Waals surface area contributed by atoms with Gasteiger partial charge in [-0.2, -0.15) is 0 Å². The third-order valence-corrected chi connectivity index (χ3v) is 5.44. The molecule has 6 heteroatoms. The van der Waals surface area contributed by atoms with Crippen LogP contribution in [0.5, 0.6) is 0 Å². The molecule has 1 saturated carbocycles. The van der Waals surface area contributed by atoms with E-state index in [9.17, 15) is 9.59 Å². The van der Waals surface area contributed by atoms with Gasteiger partial charge in [-0.1, -0.05) is 6.42 Å². The molecule has 2 aromatic rings. The fourth-order valence-electron chi connectivity index (χ4n) is 2.79. The largest absolute Gasteiger partial charge is 0.462 e. The van der Waals surface area contributed by atoms with Gasteiger partial charge in [-0.25, -0.2) is 9.59 Å². The molecule has 1 aliphatic rings. The van der Waals surface area contributed by atoms with E-state index in [1.54, 1.807) is 11.8 Å². The Hall–Kier alpha value is -2.08. The fourth-order valence-corrected chi connectivity index (χ4v) is 3.73. The van der Waals surface area contributed by atoms with E-state index in [0.29, 0.717) is 17.4 Å². The molecule has 1 heterocycles. The van der Waals surface area contributed by atoms with Crippen molar-refractivity contribution < 1.29 is 14.3 Å². The number of carbonyl (C=O) groups excluding carboxylic acids is 2. The summed E-state index contributed by atoms with van der Waals surface area (Å²) in [5, 5.41) is 3.86. The topological polar surface area (TPSA) is 58.6 Å². The molecule has 1 aromatic heterocycles. The van der Waals surface area contributed by atoms with Crippen LogP contribution < -0.4 is 5.32 Å². The third kappa shape index (κ3) is 3.70. The van der Waals surface area contributed by atoms with Crippen molar-refractivity contribution in [3.05, 3.63) is 29.1 Å². The van der Waals surface area contributed by atoms with E-state index in [2.05, 4.69) is 5.32 Å². The first-order chi connectivity index (χ1) is 11.6. The minimum absolute atomic E-state index is 0.0953. The van der Waals surface area contributed by atoms with E-state index >= 15 is 0 Å². The van der Waals surface area contributed by atoms with Gasteiger partial charge in [0.1, 0.15) is 4.88 Å². The van der Waals surface area contributed by atoms with E-state index in [4.69, 9.17) is 4.74 Å². The van der Waals surface area contributed by atoms with Gasteiger partial charge in [-0.15, -0.1) is 11.3 Å². The molecular formula is C18H22N2O3S. The Kier molecular flexibility index (Phi) is 5.04. The number of carbonyl (C=O) groups is 2. The molecule has 0 saturated heterocycles. The maximum atomic E-state index is 12.3. The van der Waals surface area contributed by atoms with Crippen molar-refractivity contribution in [3.8, 4) is 0 Å². The summed E-state index contributed by atoms with van der Waals surface area (Å²) in [6, 6.07) is 7.39. The number of anilines is 1. The monoisotopic (exact) mass is 346 g/mol. The van der Waals surface area contributed by atoms with E-state index in [1.807, 2.05) is 31.3 Å². The highest BCUT2D eigenvalue weighted by Crippen LogP contribution is 2.29. The number of hydrogen-bond acceptors (Lipinski definition) is 4. The fraction of sp³-hybridized carbons (Fsp3) is 0.444. The lowest BCUT2D eigenvalue weighted by molar-refractivity contribution is 0.0532. The van der Waals surface area contributed by atoms with Crippen molar-refractivity contribution in [2.45, 2.75) is 26.2 Å². The molecule has 0 spiro atoms. The highest BCUT2D eigenvalue weighted by molar-refractivity contribution is 7.20. The highest BCUT2D eigenvalue weighted by Gasteiger charge is 2.21. The van der Waals surface area contributed by atoms with Gasteiger partial charge in [0.05, 0.1) is 6.61 Å². The zero-order valence-electron chi connectivity index (χ0n) is 14.0. The summed E-state index contributed by atoms with van der Waals surface area (Å²) in [6.45, 7) is 2.96. The third-order valence-electron chi connectivity index (χ3n) is 4.35. The molecule has 3 rings (SSSR count). The Morgan fingerprint density at radius 2 is 2.12 bits per heavy atom. The number of esters is 1. The van der Waals surface area contributed by atoms with Gasteiger partial charge in [-0.05, 0) is 55.3 Å². The second kappa shape index (κ2) is 7.21. The van der Waals surface area contributed by atoms with Crippen LogP contribution in [0.25, 0.3) is 10.1 Å². The van der Waals surface area contributed by atoms with Gasteiger partial charge < -0.3 is 15.0 Å². The van der Waals surface area contributed by atoms with Crippen molar-refractivity contribution in [2.75, 3.05) is 25.5 Å². The van der Waals surface area contributed by atoms with Crippen molar-refractivity contribution >= 4 is 39.1 Å². The molecule has 128 valence electrons. The van der Waals surface area contributed by atoms with Gasteiger partial charge in [-0.3, -0.25) is 0 Å². The summed E-state index contributed by atoms with van der Waals surface area (Å²) in [5.41, 5.74) is 0.737. The molecule has 0 bridgehead atoms. The number of benzene rings is 1. The van der Waals surface area contributed by atoms with Crippen molar-refractivity contribution in [2.24, 2.45) is 5.92 Å². The highest BCUT2D eigenvalue weighted by atomic mass is 32.1. The van der Waals surface area contributed by atoms with Crippen LogP contribution in [-0.2, 0) is 4.74 Å². The standard InChI is InChI=1S/C18H22N2O3S/c1-3-23-17(21)16-10-13-9-14(7-8-15(13)24-16)19-18(22)20(2)11-12-5-4-6-12/h7-10,12H,3-6,11H2,1-2H3,(H,19,22).